The molecule has 0 saturated heterocycles. The molecule has 1 aromatic carbocycles. The molecular formula is C21H23N5O2S2. The number of hydrogen-bond donors (Lipinski definition) is 1. The van der Waals surface area contributed by atoms with Crippen LogP contribution in [0.15, 0.2) is 57.5 Å². The average molecular weight is 442 g/mol. The monoisotopic (exact) mass is 441 g/mol. The zero-order valence-corrected chi connectivity index (χ0v) is 18.7. The molecule has 30 heavy (non-hydrogen) atoms. The van der Waals surface area contributed by atoms with E-state index in [1.54, 1.807) is 11.3 Å². The molecular weight excluding hydrogens is 418 g/mol. The summed E-state index contributed by atoms with van der Waals surface area (Å²) < 4.78 is 12.7. The molecule has 0 aliphatic heterocycles. The van der Waals surface area contributed by atoms with E-state index in [0.717, 1.165) is 22.1 Å². The van der Waals surface area contributed by atoms with Gasteiger partial charge in [0.05, 0.1) is 10.6 Å². The van der Waals surface area contributed by atoms with E-state index in [-0.39, 0.29) is 12.0 Å². The van der Waals surface area contributed by atoms with Crippen molar-refractivity contribution in [3.8, 4) is 16.4 Å². The van der Waals surface area contributed by atoms with E-state index in [1.165, 1.54) is 22.0 Å². The van der Waals surface area contributed by atoms with Crippen LogP contribution in [-0.2, 0) is 17.8 Å². The maximum atomic E-state index is 6.14. The van der Waals surface area contributed by atoms with Crippen LogP contribution in [0.4, 0.5) is 0 Å². The molecule has 156 valence electrons. The van der Waals surface area contributed by atoms with Crippen LogP contribution in [-0.4, -0.2) is 20.0 Å². The largest absolute Gasteiger partial charge is 0.486 e. The summed E-state index contributed by atoms with van der Waals surface area (Å²) in [6.07, 6.45) is 0. The number of rotatable bonds is 7. The first-order chi connectivity index (χ1) is 14.4. The van der Waals surface area contributed by atoms with Crippen molar-refractivity contribution in [2.45, 2.75) is 43.7 Å². The van der Waals surface area contributed by atoms with Gasteiger partial charge in [-0.05, 0) is 34.6 Å². The first-order valence-corrected chi connectivity index (χ1v) is 11.3. The Hall–Kier alpha value is -2.78. The molecule has 0 radical (unpaired) electrons. The zero-order chi connectivity index (χ0) is 21.1. The van der Waals surface area contributed by atoms with E-state index >= 15 is 0 Å². The highest BCUT2D eigenvalue weighted by atomic mass is 32.2. The summed E-state index contributed by atoms with van der Waals surface area (Å²) in [5.74, 6) is 8.81. The fourth-order valence-electron chi connectivity index (χ4n) is 2.76. The molecule has 0 unspecified atom stereocenters. The zero-order valence-electron chi connectivity index (χ0n) is 17.0. The Morgan fingerprint density at radius 1 is 1.17 bits per heavy atom. The molecule has 0 amide bonds. The molecule has 3 heterocycles. The third kappa shape index (κ3) is 4.68. The molecule has 0 spiro atoms. The summed E-state index contributed by atoms with van der Waals surface area (Å²) in [4.78, 5) is 1.05. The van der Waals surface area contributed by atoms with Gasteiger partial charge in [0.1, 0.15) is 12.4 Å². The standard InChI is InChI=1S/C21H23N5O2S2/c1-21(2,3)14-6-8-16(9-7-14)27-12-19-23-24-20(26(19)22)30-13-15-11-17(28-25-15)18-5-4-10-29-18/h4-11H,12-13,22H2,1-3H3. The van der Waals surface area contributed by atoms with Crippen LogP contribution in [0.1, 0.15) is 37.9 Å². The molecule has 2 N–H and O–H groups in total. The van der Waals surface area contributed by atoms with Crippen LogP contribution in [0.2, 0.25) is 0 Å². The molecule has 3 aromatic heterocycles. The maximum Gasteiger partial charge on any atom is 0.210 e. The second kappa shape index (κ2) is 8.53. The van der Waals surface area contributed by atoms with E-state index in [1.807, 2.05) is 35.7 Å². The predicted molar refractivity (Wildman–Crippen MR) is 119 cm³/mol. The summed E-state index contributed by atoms with van der Waals surface area (Å²) >= 11 is 3.06. The predicted octanol–water partition coefficient (Wildman–Crippen LogP) is 4.88. The number of benzene rings is 1. The van der Waals surface area contributed by atoms with Crippen molar-refractivity contribution in [3.63, 3.8) is 0 Å². The van der Waals surface area contributed by atoms with E-state index in [9.17, 15) is 0 Å². The normalized spacial score (nSPS) is 11.7. The van der Waals surface area contributed by atoms with Gasteiger partial charge in [-0.2, -0.15) is 0 Å². The molecule has 0 bridgehead atoms. The van der Waals surface area contributed by atoms with E-state index in [2.05, 4.69) is 48.3 Å². The Morgan fingerprint density at radius 3 is 2.67 bits per heavy atom. The van der Waals surface area contributed by atoms with Gasteiger partial charge in [-0.25, -0.2) is 4.68 Å². The van der Waals surface area contributed by atoms with Crippen LogP contribution < -0.4 is 10.6 Å². The highest BCUT2D eigenvalue weighted by Gasteiger charge is 2.15. The fourth-order valence-corrected chi connectivity index (χ4v) is 4.19. The lowest BCUT2D eigenvalue weighted by atomic mass is 9.87. The topological polar surface area (TPSA) is 92.0 Å². The van der Waals surface area contributed by atoms with Crippen molar-refractivity contribution in [3.05, 3.63) is 64.9 Å². The Kier molecular flexibility index (Phi) is 5.83. The van der Waals surface area contributed by atoms with Crippen LogP contribution in [0, 0.1) is 0 Å². The van der Waals surface area contributed by atoms with Crippen molar-refractivity contribution in [1.82, 2.24) is 20.0 Å². The number of nitrogen functional groups attached to an aromatic ring is 1. The van der Waals surface area contributed by atoms with Crippen LogP contribution in [0.25, 0.3) is 10.6 Å². The highest BCUT2D eigenvalue weighted by Crippen LogP contribution is 2.28. The minimum Gasteiger partial charge on any atom is -0.486 e. The number of aromatic nitrogens is 4. The lowest BCUT2D eigenvalue weighted by Crippen LogP contribution is -2.16. The summed E-state index contributed by atoms with van der Waals surface area (Å²) in [6.45, 7) is 6.79. The van der Waals surface area contributed by atoms with Crippen LogP contribution >= 0.6 is 23.1 Å². The Balaban J connectivity index is 1.33. The van der Waals surface area contributed by atoms with E-state index in [4.69, 9.17) is 15.1 Å². The Bertz CT molecular complexity index is 1100. The van der Waals surface area contributed by atoms with Gasteiger partial charge in [-0.1, -0.05) is 55.9 Å². The molecule has 0 fully saturated rings. The Morgan fingerprint density at radius 2 is 1.97 bits per heavy atom. The van der Waals surface area contributed by atoms with Crippen LogP contribution in [0.3, 0.4) is 0 Å². The summed E-state index contributed by atoms with van der Waals surface area (Å²) in [7, 11) is 0. The Labute approximate surface area is 183 Å². The molecule has 0 aliphatic carbocycles. The minimum atomic E-state index is 0.108. The smallest absolute Gasteiger partial charge is 0.210 e. The minimum absolute atomic E-state index is 0.108. The summed E-state index contributed by atoms with van der Waals surface area (Å²) in [5, 5.41) is 15.0. The second-order valence-corrected chi connectivity index (χ2v) is 9.67. The highest BCUT2D eigenvalue weighted by molar-refractivity contribution is 7.98. The van der Waals surface area contributed by atoms with Crippen molar-refractivity contribution < 1.29 is 9.26 Å². The maximum absolute atomic E-state index is 6.14. The van der Waals surface area contributed by atoms with Gasteiger partial charge in [0.25, 0.3) is 0 Å². The molecule has 9 heteroatoms. The van der Waals surface area contributed by atoms with Crippen molar-refractivity contribution in [1.29, 1.82) is 0 Å². The van der Waals surface area contributed by atoms with Gasteiger partial charge in [0, 0.05) is 11.8 Å². The summed E-state index contributed by atoms with van der Waals surface area (Å²) in [5.41, 5.74) is 2.19. The van der Waals surface area contributed by atoms with E-state index < -0.39 is 0 Å². The van der Waals surface area contributed by atoms with Gasteiger partial charge < -0.3 is 15.1 Å². The molecule has 0 saturated carbocycles. The number of thioether (sulfide) groups is 1. The third-order valence-corrected chi connectivity index (χ3v) is 6.36. The summed E-state index contributed by atoms with van der Waals surface area (Å²) in [6, 6.07) is 14.0. The van der Waals surface area contributed by atoms with Crippen LogP contribution in [0.5, 0.6) is 5.75 Å². The molecule has 7 nitrogen and oxygen atoms in total. The van der Waals surface area contributed by atoms with Crippen molar-refractivity contribution in [2.75, 3.05) is 5.84 Å². The molecule has 4 aromatic rings. The third-order valence-electron chi connectivity index (χ3n) is 4.50. The second-order valence-electron chi connectivity index (χ2n) is 7.78. The number of thiophene rings is 1. The van der Waals surface area contributed by atoms with Crippen molar-refractivity contribution in [2.24, 2.45) is 0 Å². The molecule has 0 atom stereocenters. The number of hydrogen-bond acceptors (Lipinski definition) is 8. The number of ether oxygens (including phenoxy) is 1. The van der Waals surface area contributed by atoms with E-state index in [0.29, 0.717) is 16.7 Å². The van der Waals surface area contributed by atoms with Crippen molar-refractivity contribution >= 4 is 23.1 Å². The fraction of sp³-hybridized carbons (Fsp3) is 0.286. The van der Waals surface area contributed by atoms with Gasteiger partial charge >= 0.3 is 0 Å². The van der Waals surface area contributed by atoms with Gasteiger partial charge in [-0.15, -0.1) is 21.5 Å². The lowest BCUT2D eigenvalue weighted by Gasteiger charge is -2.19. The first kappa shape index (κ1) is 20.5. The first-order valence-electron chi connectivity index (χ1n) is 9.45. The quantitative estimate of drug-likeness (QED) is 0.323. The van der Waals surface area contributed by atoms with Gasteiger partial charge in [0.15, 0.2) is 11.6 Å². The number of nitrogens with zero attached hydrogens (tertiary/aromatic N) is 4. The number of nitrogens with two attached hydrogens (primary N) is 1. The van der Waals surface area contributed by atoms with Gasteiger partial charge in [0.2, 0.25) is 5.16 Å². The van der Waals surface area contributed by atoms with Gasteiger partial charge in [-0.3, -0.25) is 0 Å². The average Bonchev–Trinajstić information content (AvgIpc) is 3.46. The SMILES string of the molecule is CC(C)(C)c1ccc(OCc2nnc(SCc3cc(-c4cccs4)on3)n2N)cc1. The lowest BCUT2D eigenvalue weighted by molar-refractivity contribution is 0.291. The molecule has 4 rings (SSSR count). The molecule has 0 aliphatic rings.